The molecule has 0 atom stereocenters. The van der Waals surface area contributed by atoms with Gasteiger partial charge in [0.1, 0.15) is 0 Å². The van der Waals surface area contributed by atoms with Gasteiger partial charge in [0.2, 0.25) is 0 Å². The summed E-state index contributed by atoms with van der Waals surface area (Å²) in [5, 5.41) is 2.26. The third-order valence-corrected chi connectivity index (χ3v) is 18.3. The molecule has 2 aliphatic rings. The lowest BCUT2D eigenvalue weighted by atomic mass is 9.54. The lowest BCUT2D eigenvalue weighted by Crippen LogP contribution is -2.44. The average molecular weight is 1030 g/mol. The maximum Gasteiger partial charge on any atom is 0.164 e. The predicted molar refractivity (Wildman–Crippen MR) is 332 cm³/mol. The zero-order valence-electron chi connectivity index (χ0n) is 46.8. The van der Waals surface area contributed by atoms with Crippen LogP contribution >= 0.6 is 0 Å². The molecule has 80 heavy (non-hydrogen) atoms. The fourth-order valence-corrected chi connectivity index (χ4v) is 12.6. The Bertz CT molecular complexity index is 4290. The first-order valence-corrected chi connectivity index (χ1v) is 27.9. The first-order valence-electron chi connectivity index (χ1n) is 27.9. The minimum absolute atomic E-state index is 0.000165. The molecule has 2 aliphatic carbocycles. The Balaban J connectivity index is 0.000000158. The highest BCUT2D eigenvalue weighted by molar-refractivity contribution is 6.00. The molecule has 5 heteroatoms. The van der Waals surface area contributed by atoms with Crippen LogP contribution in [-0.2, 0) is 21.7 Å². The molecule has 0 N–H and O–H groups in total. The van der Waals surface area contributed by atoms with Gasteiger partial charge in [0.05, 0.1) is 22.4 Å². The summed E-state index contributed by atoms with van der Waals surface area (Å²) in [5.41, 5.74) is 21.8. The van der Waals surface area contributed by atoms with Gasteiger partial charge < -0.3 is 0 Å². The summed E-state index contributed by atoms with van der Waals surface area (Å²) in [7, 11) is 0. The van der Waals surface area contributed by atoms with Gasteiger partial charge in [0.25, 0.3) is 0 Å². The van der Waals surface area contributed by atoms with Crippen LogP contribution in [-0.4, -0.2) is 24.9 Å². The maximum absolute atomic E-state index is 5.24. The van der Waals surface area contributed by atoms with Crippen molar-refractivity contribution in [2.24, 2.45) is 0 Å². The number of hydrogen-bond donors (Lipinski definition) is 0. The van der Waals surface area contributed by atoms with Gasteiger partial charge in [-0.05, 0) is 113 Å². The molecular weight excluding hydrogens is 971 g/mol. The topological polar surface area (TPSA) is 64.5 Å². The lowest BCUT2D eigenvalue weighted by molar-refractivity contribution is 0.299. The second-order valence-corrected chi connectivity index (χ2v) is 23.6. The number of aromatic nitrogens is 5. The van der Waals surface area contributed by atoms with E-state index in [1.165, 1.54) is 55.6 Å². The Hall–Kier alpha value is -9.19. The number of fused-ring (bicyclic) bond motifs is 8. The van der Waals surface area contributed by atoms with E-state index in [-0.39, 0.29) is 21.7 Å². The summed E-state index contributed by atoms with van der Waals surface area (Å²) in [6.07, 6.45) is 0. The summed E-state index contributed by atoms with van der Waals surface area (Å²) in [6.45, 7) is 19.0. The van der Waals surface area contributed by atoms with Gasteiger partial charge >= 0.3 is 0 Å². The van der Waals surface area contributed by atoms with Crippen LogP contribution < -0.4 is 0 Å². The molecule has 5 nitrogen and oxygen atoms in total. The molecule has 14 rings (SSSR count). The van der Waals surface area contributed by atoms with Gasteiger partial charge in [-0.15, -0.1) is 0 Å². The van der Waals surface area contributed by atoms with Crippen LogP contribution in [0.5, 0.6) is 0 Å². The van der Waals surface area contributed by atoms with E-state index in [2.05, 4.69) is 231 Å². The summed E-state index contributed by atoms with van der Waals surface area (Å²) >= 11 is 0. The second-order valence-electron chi connectivity index (χ2n) is 23.6. The van der Waals surface area contributed by atoms with Crippen molar-refractivity contribution in [2.45, 2.75) is 77.0 Å². The van der Waals surface area contributed by atoms with Crippen molar-refractivity contribution in [1.29, 1.82) is 0 Å². The SMILES string of the molecule is CC1(C)c2ccccc2-c2cc(-c3cc(-c4nc(-c5ccccc5)nc(-c5ccccc5)n4)c4ccccc4c3)ccc2C1(C)C.CC1(C)c2ccccc2-c2cccc(-c3nc4ccccc4nc3-c3ccccc3)c2C1(C)C. The molecule has 2 heterocycles. The molecule has 2 aromatic heterocycles. The van der Waals surface area contributed by atoms with E-state index in [0.29, 0.717) is 17.5 Å². The highest BCUT2D eigenvalue weighted by atomic mass is 15.0. The Kier molecular flexibility index (Phi) is 12.2. The van der Waals surface area contributed by atoms with Crippen LogP contribution in [0.25, 0.3) is 112 Å². The molecular formula is C75H63N5. The summed E-state index contributed by atoms with van der Waals surface area (Å²) in [4.78, 5) is 25.5. The first kappa shape index (κ1) is 50.3. The van der Waals surface area contributed by atoms with Crippen LogP contribution in [0.1, 0.15) is 77.6 Å². The van der Waals surface area contributed by atoms with Gasteiger partial charge in [-0.1, -0.05) is 262 Å². The first-order chi connectivity index (χ1) is 38.7. The van der Waals surface area contributed by atoms with Gasteiger partial charge in [-0.2, -0.15) is 0 Å². The van der Waals surface area contributed by atoms with E-state index in [4.69, 9.17) is 24.9 Å². The van der Waals surface area contributed by atoms with E-state index >= 15 is 0 Å². The van der Waals surface area contributed by atoms with Crippen molar-refractivity contribution in [3.8, 4) is 90.1 Å². The third kappa shape index (κ3) is 8.25. The van der Waals surface area contributed by atoms with E-state index in [9.17, 15) is 0 Å². The van der Waals surface area contributed by atoms with Crippen molar-refractivity contribution in [2.75, 3.05) is 0 Å². The van der Waals surface area contributed by atoms with Crippen molar-refractivity contribution < 1.29 is 0 Å². The smallest absolute Gasteiger partial charge is 0.164 e. The highest BCUT2D eigenvalue weighted by Crippen LogP contribution is 2.57. The van der Waals surface area contributed by atoms with Crippen molar-refractivity contribution in [1.82, 2.24) is 24.9 Å². The third-order valence-electron chi connectivity index (χ3n) is 18.3. The molecule has 0 saturated carbocycles. The van der Waals surface area contributed by atoms with E-state index < -0.39 is 0 Å². The summed E-state index contributed by atoms with van der Waals surface area (Å²) in [6, 6.07) is 83.5. The Morgan fingerprint density at radius 3 is 1.30 bits per heavy atom. The molecule has 0 saturated heterocycles. The molecule has 10 aromatic carbocycles. The number of para-hydroxylation sites is 2. The summed E-state index contributed by atoms with van der Waals surface area (Å²) in [5.74, 6) is 1.99. The number of hydrogen-bond acceptors (Lipinski definition) is 5. The van der Waals surface area contributed by atoms with Crippen LogP contribution in [0.2, 0.25) is 0 Å². The van der Waals surface area contributed by atoms with Crippen molar-refractivity contribution in [3.05, 3.63) is 259 Å². The van der Waals surface area contributed by atoms with Crippen LogP contribution in [0, 0.1) is 0 Å². The van der Waals surface area contributed by atoms with Crippen LogP contribution in [0.4, 0.5) is 0 Å². The minimum atomic E-state index is -0.117. The highest BCUT2D eigenvalue weighted by Gasteiger charge is 2.48. The molecule has 12 aromatic rings. The largest absolute Gasteiger partial charge is 0.244 e. The number of rotatable bonds is 6. The zero-order valence-corrected chi connectivity index (χ0v) is 46.8. The molecule has 0 amide bonds. The molecule has 0 fully saturated rings. The van der Waals surface area contributed by atoms with Gasteiger partial charge in [0.15, 0.2) is 17.5 Å². The zero-order chi connectivity index (χ0) is 55.0. The minimum Gasteiger partial charge on any atom is -0.244 e. The van der Waals surface area contributed by atoms with Gasteiger partial charge in [-0.3, -0.25) is 0 Å². The number of nitrogens with zero attached hydrogens (tertiary/aromatic N) is 5. The van der Waals surface area contributed by atoms with E-state index in [1.54, 1.807) is 0 Å². The Morgan fingerprint density at radius 1 is 0.250 bits per heavy atom. The molecule has 0 aliphatic heterocycles. The normalized spacial score (nSPS) is 14.9. The van der Waals surface area contributed by atoms with Crippen LogP contribution in [0.3, 0.4) is 0 Å². The van der Waals surface area contributed by atoms with Crippen molar-refractivity contribution in [3.63, 3.8) is 0 Å². The maximum atomic E-state index is 5.24. The predicted octanol–water partition coefficient (Wildman–Crippen LogP) is 19.1. The van der Waals surface area contributed by atoms with Crippen molar-refractivity contribution >= 4 is 21.8 Å². The van der Waals surface area contributed by atoms with Gasteiger partial charge in [-0.25, -0.2) is 24.9 Å². The number of benzene rings is 10. The Labute approximate surface area is 470 Å². The second kappa shape index (κ2) is 19.3. The standard InChI is InChI=1S/C43H35N3.C32H28N2/c1-42(2)37-22-14-13-21-34(37)35-26-30(23-24-38(35)43(42,3)4)32-25-31-19-11-12-20-33(31)36(27-32)41-45-39(28-15-7-5-8-16-28)44-40(46-41)29-17-9-6-10-18-29;1-31(2)25-18-9-8-15-22(25)23-16-12-17-24(28(23)32(31,3)4)30-29(21-13-6-5-7-14-21)33-26-19-10-11-20-27(26)34-30/h5-27H,1-4H3;5-20H,1-4H3. The monoisotopic (exact) mass is 1030 g/mol. The lowest BCUT2D eigenvalue weighted by Gasteiger charge is -2.49. The van der Waals surface area contributed by atoms with Crippen LogP contribution in [0.15, 0.2) is 237 Å². The molecule has 0 bridgehead atoms. The molecule has 0 spiro atoms. The van der Waals surface area contributed by atoms with E-state index in [1.807, 2.05) is 60.7 Å². The fraction of sp³-hybridized carbons (Fsp3) is 0.160. The average Bonchev–Trinajstić information content (AvgIpc) is 3.69. The molecule has 388 valence electrons. The van der Waals surface area contributed by atoms with E-state index in [0.717, 1.165) is 61.0 Å². The quantitative estimate of drug-likeness (QED) is 0.166. The summed E-state index contributed by atoms with van der Waals surface area (Å²) < 4.78 is 0. The van der Waals surface area contributed by atoms with Gasteiger partial charge in [0, 0.05) is 33.2 Å². The fourth-order valence-electron chi connectivity index (χ4n) is 12.6. The molecule has 0 unspecified atom stereocenters. The molecule has 0 radical (unpaired) electrons. The Morgan fingerprint density at radius 2 is 0.688 bits per heavy atom.